The van der Waals surface area contributed by atoms with Crippen molar-refractivity contribution in [1.29, 1.82) is 0 Å². The van der Waals surface area contributed by atoms with Gasteiger partial charge >= 0.3 is 0 Å². The topological polar surface area (TPSA) is 105 Å². The molecule has 12 heteroatoms. The number of likely N-dealkylation sites (tertiary alicyclic amines) is 1. The Kier molecular flexibility index (Phi) is 10.6. The van der Waals surface area contributed by atoms with Crippen molar-refractivity contribution in [3.63, 3.8) is 0 Å². The minimum absolute atomic E-state index is 0.129. The Morgan fingerprint density at radius 1 is 0.882 bits per heavy atom. The molecule has 51 heavy (non-hydrogen) atoms. The Morgan fingerprint density at radius 2 is 1.51 bits per heavy atom. The number of carbonyl (C=O) groups excluding carboxylic acids is 1. The molecule has 4 fully saturated rings. The van der Waals surface area contributed by atoms with Gasteiger partial charge in [0.2, 0.25) is 15.9 Å². The molecule has 2 bridgehead atoms. The number of nitrogens with zero attached hydrogens (tertiary/aromatic N) is 3. The first-order chi connectivity index (χ1) is 24.5. The monoisotopic (exact) mass is 724 g/mol. The van der Waals surface area contributed by atoms with Gasteiger partial charge in [-0.25, -0.2) is 8.42 Å². The smallest absolute Gasteiger partial charge is 0.298 e. The third kappa shape index (κ3) is 7.61. The fraction of sp³-hybridized carbons (Fsp3) is 0.564. The fourth-order valence-corrected chi connectivity index (χ4v) is 9.95. The molecule has 3 aromatic rings. The van der Waals surface area contributed by atoms with E-state index in [-0.39, 0.29) is 29.1 Å². The molecular weight excluding hydrogens is 675 g/mol. The van der Waals surface area contributed by atoms with Crippen LogP contribution >= 0.6 is 0 Å². The van der Waals surface area contributed by atoms with Crippen LogP contribution in [0.5, 0.6) is 11.5 Å². The zero-order valence-electron chi connectivity index (χ0n) is 29.4. The molecule has 9 nitrogen and oxygen atoms in total. The summed E-state index contributed by atoms with van der Waals surface area (Å²) in [6.45, 7) is 3.24. The standard InChI is InChI=1S/C39H50F2N4O5S/c1-43(51(47,48)36-18-10-27-23-35(15-9-28(27)24-36)50-34-7-3-4-8-34)37(38(46)45-31-13-14-32(45)26-30(42)25-31)39(40,41)29-11-16-33(17-12-29)49-22-21-44-19-5-2-6-20-44/h9-12,15-18,23-24,30-32,34,37H,2-8,13-14,19-22,25-26,42H2,1H3/t30?,31?,32?,37-/m1/s1. The quantitative estimate of drug-likeness (QED) is 0.234. The summed E-state index contributed by atoms with van der Waals surface area (Å²) in [7, 11) is -3.48. The molecule has 2 N–H and O–H groups in total. The predicted octanol–water partition coefficient (Wildman–Crippen LogP) is 6.29. The molecular formula is C39H50F2N4O5S. The molecule has 0 spiro atoms. The van der Waals surface area contributed by atoms with E-state index in [0.29, 0.717) is 53.5 Å². The number of alkyl halides is 2. The Bertz CT molecular complexity index is 1780. The number of sulfonamides is 1. The lowest BCUT2D eigenvalue weighted by molar-refractivity contribution is -0.155. The number of hydrogen-bond acceptors (Lipinski definition) is 7. The van der Waals surface area contributed by atoms with E-state index in [1.807, 2.05) is 6.07 Å². The minimum Gasteiger partial charge on any atom is -0.492 e. The number of fused-ring (bicyclic) bond motifs is 3. The van der Waals surface area contributed by atoms with Gasteiger partial charge in [-0.2, -0.15) is 13.1 Å². The Hall–Kier alpha value is -3.32. The van der Waals surface area contributed by atoms with E-state index in [1.165, 1.54) is 47.7 Å². The summed E-state index contributed by atoms with van der Waals surface area (Å²) in [5, 5.41) is 1.39. The summed E-state index contributed by atoms with van der Waals surface area (Å²) in [4.78, 5) is 18.1. The molecule has 3 saturated heterocycles. The van der Waals surface area contributed by atoms with E-state index in [1.54, 1.807) is 18.2 Å². The largest absolute Gasteiger partial charge is 0.492 e. The average Bonchev–Trinajstić information content (AvgIpc) is 3.73. The van der Waals surface area contributed by atoms with Crippen molar-refractivity contribution in [3.05, 3.63) is 66.2 Å². The molecule has 1 saturated carbocycles. The highest BCUT2D eigenvalue weighted by Gasteiger charge is 2.56. The number of carbonyl (C=O) groups is 1. The average molecular weight is 725 g/mol. The van der Waals surface area contributed by atoms with Gasteiger partial charge < -0.3 is 20.1 Å². The van der Waals surface area contributed by atoms with Crippen LogP contribution < -0.4 is 15.2 Å². The first-order valence-electron chi connectivity index (χ1n) is 18.6. The van der Waals surface area contributed by atoms with Crippen LogP contribution in [0.2, 0.25) is 0 Å². The van der Waals surface area contributed by atoms with Crippen molar-refractivity contribution >= 4 is 26.7 Å². The van der Waals surface area contributed by atoms with Crippen molar-refractivity contribution in [3.8, 4) is 11.5 Å². The lowest BCUT2D eigenvalue weighted by Gasteiger charge is -2.42. The van der Waals surface area contributed by atoms with Crippen LogP contribution in [0, 0.1) is 0 Å². The maximum Gasteiger partial charge on any atom is 0.298 e. The molecule has 4 aliphatic rings. The van der Waals surface area contributed by atoms with E-state index < -0.39 is 33.5 Å². The highest BCUT2D eigenvalue weighted by molar-refractivity contribution is 7.89. The second-order valence-electron chi connectivity index (χ2n) is 14.9. The van der Waals surface area contributed by atoms with Crippen molar-refractivity contribution in [2.24, 2.45) is 5.73 Å². The van der Waals surface area contributed by atoms with E-state index >= 15 is 8.78 Å². The van der Waals surface area contributed by atoms with E-state index in [2.05, 4.69) is 4.90 Å². The third-order valence-corrected chi connectivity index (χ3v) is 13.2. The van der Waals surface area contributed by atoms with Crippen LogP contribution in [0.25, 0.3) is 10.8 Å². The number of rotatable bonds is 12. The zero-order valence-corrected chi connectivity index (χ0v) is 30.2. The van der Waals surface area contributed by atoms with E-state index in [9.17, 15) is 13.2 Å². The number of halogens is 2. The molecule has 2 unspecified atom stereocenters. The molecule has 3 heterocycles. The first kappa shape index (κ1) is 36.1. The highest BCUT2D eigenvalue weighted by atomic mass is 32.2. The van der Waals surface area contributed by atoms with Gasteiger partial charge in [-0.05, 0) is 137 Å². The van der Waals surface area contributed by atoms with Gasteiger partial charge in [0.25, 0.3) is 5.92 Å². The second kappa shape index (κ2) is 15.0. The maximum absolute atomic E-state index is 16.9. The van der Waals surface area contributed by atoms with Crippen molar-refractivity contribution < 1.29 is 31.5 Å². The van der Waals surface area contributed by atoms with Crippen LogP contribution in [-0.2, 0) is 20.7 Å². The first-order valence-corrected chi connectivity index (χ1v) is 20.0. The van der Waals surface area contributed by atoms with Crippen LogP contribution in [0.3, 0.4) is 0 Å². The molecule has 3 atom stereocenters. The van der Waals surface area contributed by atoms with Gasteiger partial charge in [-0.3, -0.25) is 9.69 Å². The number of ether oxygens (including phenoxy) is 2. The number of benzene rings is 3. The van der Waals surface area contributed by atoms with Gasteiger partial charge in [-0.1, -0.05) is 18.6 Å². The number of nitrogens with two attached hydrogens (primary N) is 1. The number of hydrogen-bond donors (Lipinski definition) is 1. The number of piperidine rings is 2. The Labute approximate surface area is 300 Å². The highest BCUT2D eigenvalue weighted by Crippen LogP contribution is 2.42. The van der Waals surface area contributed by atoms with Crippen molar-refractivity contribution in [2.75, 3.05) is 33.3 Å². The van der Waals surface area contributed by atoms with Gasteiger partial charge in [0.15, 0.2) is 6.04 Å². The molecule has 0 aromatic heterocycles. The third-order valence-electron chi connectivity index (χ3n) is 11.4. The second-order valence-corrected chi connectivity index (χ2v) is 16.9. The minimum atomic E-state index is -4.57. The van der Waals surface area contributed by atoms with Gasteiger partial charge in [0.1, 0.15) is 18.1 Å². The van der Waals surface area contributed by atoms with Crippen molar-refractivity contribution in [1.82, 2.24) is 14.1 Å². The molecule has 276 valence electrons. The molecule has 1 amide bonds. The number of likely N-dealkylation sites (N-methyl/N-ethyl adjacent to an activating group) is 1. The van der Waals surface area contributed by atoms with E-state index in [4.69, 9.17) is 15.2 Å². The SMILES string of the molecule is CN([C@H](C(=O)N1C2CCC1CC(N)C2)C(F)(F)c1ccc(OCCN2CCCCC2)cc1)S(=O)(=O)c1ccc2cc(OC3CCCC3)ccc2c1. The van der Waals surface area contributed by atoms with E-state index in [0.717, 1.165) is 70.6 Å². The summed E-state index contributed by atoms with van der Waals surface area (Å²) in [5.41, 5.74) is 5.79. The Balaban J connectivity index is 1.15. The lowest BCUT2D eigenvalue weighted by atomic mass is 9.94. The lowest BCUT2D eigenvalue weighted by Crippen LogP contribution is -2.61. The summed E-state index contributed by atoms with van der Waals surface area (Å²) >= 11 is 0. The summed E-state index contributed by atoms with van der Waals surface area (Å²) in [6, 6.07) is 12.3. The maximum atomic E-state index is 16.9. The Morgan fingerprint density at radius 3 is 2.20 bits per heavy atom. The van der Waals surface area contributed by atoms with Crippen LogP contribution in [0.1, 0.15) is 76.2 Å². The van der Waals surface area contributed by atoms with Gasteiger partial charge in [-0.15, -0.1) is 0 Å². The summed E-state index contributed by atoms with van der Waals surface area (Å²) in [6.07, 6.45) is 10.3. The van der Waals surface area contributed by atoms with Crippen LogP contribution in [0.15, 0.2) is 65.6 Å². The normalized spacial score (nSPS) is 23.9. The summed E-state index contributed by atoms with van der Waals surface area (Å²) < 4.78 is 75.0. The molecule has 0 radical (unpaired) electrons. The van der Waals surface area contributed by atoms with Gasteiger partial charge in [0.05, 0.1) is 11.0 Å². The summed E-state index contributed by atoms with van der Waals surface area (Å²) in [5.74, 6) is -3.62. The molecule has 7 rings (SSSR count). The predicted molar refractivity (Wildman–Crippen MR) is 193 cm³/mol. The van der Waals surface area contributed by atoms with Crippen LogP contribution in [0.4, 0.5) is 8.78 Å². The number of amides is 1. The fourth-order valence-electron chi connectivity index (χ4n) is 8.61. The van der Waals surface area contributed by atoms with Crippen LogP contribution in [-0.4, -0.2) is 92.0 Å². The van der Waals surface area contributed by atoms with Crippen molar-refractivity contribution in [2.45, 2.75) is 112 Å². The van der Waals surface area contributed by atoms with Gasteiger partial charge in [0, 0.05) is 37.3 Å². The zero-order chi connectivity index (χ0) is 35.8. The molecule has 3 aromatic carbocycles. The molecule has 3 aliphatic heterocycles. The molecule has 1 aliphatic carbocycles.